The van der Waals surface area contributed by atoms with E-state index in [0.717, 1.165) is 11.1 Å². The first-order chi connectivity index (χ1) is 13.4. The minimum atomic E-state index is -2.53. The zero-order valence-electron chi connectivity index (χ0n) is 15.2. The lowest BCUT2D eigenvalue weighted by molar-refractivity contribution is -0.115. The molecule has 1 aromatic heterocycles. The molecule has 0 atom stereocenters. The van der Waals surface area contributed by atoms with Crippen LogP contribution in [0, 0.1) is 0 Å². The van der Waals surface area contributed by atoms with Crippen molar-refractivity contribution in [3.8, 4) is 5.75 Å². The van der Waals surface area contributed by atoms with Gasteiger partial charge >= 0.3 is 0 Å². The van der Waals surface area contributed by atoms with E-state index in [1.807, 2.05) is 6.07 Å². The normalized spacial score (nSPS) is 10.6. The van der Waals surface area contributed by atoms with Crippen LogP contribution in [0.3, 0.4) is 0 Å². The minimum Gasteiger partial charge on any atom is -0.487 e. The largest absolute Gasteiger partial charge is 0.487 e. The number of pyridine rings is 1. The highest BCUT2D eigenvalue weighted by molar-refractivity contribution is 14.1. The number of ether oxygens (including phenoxy) is 1. The second-order valence-electron chi connectivity index (χ2n) is 5.79. The Morgan fingerprint density at radius 1 is 1.25 bits per heavy atom. The highest BCUT2D eigenvalue weighted by atomic mass is 127. The molecule has 0 bridgehead atoms. The number of benzene rings is 1. The fourth-order valence-corrected chi connectivity index (χ4v) is 2.89. The quantitative estimate of drug-likeness (QED) is 0.402. The van der Waals surface area contributed by atoms with Crippen LogP contribution < -0.4 is 15.4 Å². The van der Waals surface area contributed by atoms with Gasteiger partial charge in [0.15, 0.2) is 0 Å². The van der Waals surface area contributed by atoms with Crippen molar-refractivity contribution in [3.05, 3.63) is 53.2 Å². The zero-order chi connectivity index (χ0) is 20.5. The Bertz CT molecular complexity index is 834. The Morgan fingerprint density at radius 3 is 2.71 bits per heavy atom. The van der Waals surface area contributed by atoms with Crippen LogP contribution in [0.1, 0.15) is 34.8 Å². The Hall–Kier alpha value is -2.30. The van der Waals surface area contributed by atoms with Gasteiger partial charge in [0.2, 0.25) is 5.91 Å². The van der Waals surface area contributed by atoms with Gasteiger partial charge in [0.25, 0.3) is 12.3 Å². The third kappa shape index (κ3) is 6.70. The zero-order valence-corrected chi connectivity index (χ0v) is 17.3. The van der Waals surface area contributed by atoms with Gasteiger partial charge in [-0.15, -0.1) is 0 Å². The lowest BCUT2D eigenvalue weighted by Crippen LogP contribution is -2.23. The summed E-state index contributed by atoms with van der Waals surface area (Å²) in [6, 6.07) is 8.21. The van der Waals surface area contributed by atoms with Gasteiger partial charge in [0.1, 0.15) is 18.2 Å². The second-order valence-corrected chi connectivity index (χ2v) is 6.55. The van der Waals surface area contributed by atoms with Crippen molar-refractivity contribution in [2.24, 2.45) is 0 Å². The van der Waals surface area contributed by atoms with Gasteiger partial charge in [-0.3, -0.25) is 9.59 Å². The van der Waals surface area contributed by atoms with Crippen molar-refractivity contribution in [1.29, 1.82) is 0 Å². The molecule has 0 aliphatic heterocycles. The lowest BCUT2D eigenvalue weighted by Gasteiger charge is -2.12. The maximum absolute atomic E-state index is 12.4. The smallest absolute Gasteiger partial charge is 0.272 e. The van der Waals surface area contributed by atoms with Crippen LogP contribution in [0.4, 0.5) is 14.6 Å². The van der Waals surface area contributed by atoms with Gasteiger partial charge in [-0.05, 0) is 29.8 Å². The Morgan fingerprint density at radius 2 is 2.04 bits per heavy atom. The Kier molecular flexibility index (Phi) is 8.55. The van der Waals surface area contributed by atoms with E-state index in [2.05, 4.69) is 38.2 Å². The predicted molar refractivity (Wildman–Crippen MR) is 110 cm³/mol. The third-order valence-corrected chi connectivity index (χ3v) is 4.52. The first-order valence-electron chi connectivity index (χ1n) is 8.55. The van der Waals surface area contributed by atoms with E-state index in [1.165, 1.54) is 12.3 Å². The summed E-state index contributed by atoms with van der Waals surface area (Å²) >= 11 is 2.12. The summed E-state index contributed by atoms with van der Waals surface area (Å²) in [5.41, 5.74) is 1.96. The number of hydrogen-bond acceptors (Lipinski definition) is 4. The molecule has 1 aromatic carbocycles. The van der Waals surface area contributed by atoms with Crippen LogP contribution in [0.5, 0.6) is 5.75 Å². The number of amides is 2. The summed E-state index contributed by atoms with van der Waals surface area (Å²) in [5.74, 6) is 0.219. The number of anilines is 1. The van der Waals surface area contributed by atoms with E-state index < -0.39 is 13.0 Å². The lowest BCUT2D eigenvalue weighted by atomic mass is 10.1. The van der Waals surface area contributed by atoms with E-state index in [0.29, 0.717) is 28.0 Å². The average Bonchev–Trinajstić information content (AvgIpc) is 2.70. The molecule has 0 unspecified atom stereocenters. The molecule has 2 aromatic rings. The van der Waals surface area contributed by atoms with Crippen LogP contribution in [0.15, 0.2) is 36.5 Å². The maximum atomic E-state index is 12.4. The first-order valence-corrected chi connectivity index (χ1v) is 10.1. The van der Waals surface area contributed by atoms with Crippen molar-refractivity contribution in [3.63, 3.8) is 0 Å². The number of rotatable bonds is 9. The van der Waals surface area contributed by atoms with Gasteiger partial charge in [-0.1, -0.05) is 35.6 Å². The Labute approximate surface area is 175 Å². The minimum absolute atomic E-state index is 0.189. The van der Waals surface area contributed by atoms with Crippen LogP contribution in [0.2, 0.25) is 0 Å². The summed E-state index contributed by atoms with van der Waals surface area (Å²) in [4.78, 5) is 27.8. The molecule has 1 heterocycles. The van der Waals surface area contributed by atoms with Gasteiger partial charge in [-0.2, -0.15) is 0 Å². The fourth-order valence-electron chi connectivity index (χ4n) is 2.30. The number of nitrogens with one attached hydrogen (secondary N) is 2. The van der Waals surface area contributed by atoms with E-state index in [9.17, 15) is 18.4 Å². The molecule has 0 radical (unpaired) electrons. The Balaban J connectivity index is 2.00. The fraction of sp³-hybridized carbons (Fsp3) is 0.316. The highest BCUT2D eigenvalue weighted by Gasteiger charge is 2.11. The number of carbonyl (C=O) groups excluding carboxylic acids is 2. The third-order valence-electron chi connectivity index (χ3n) is 3.70. The summed E-state index contributed by atoms with van der Waals surface area (Å²) < 4.78 is 30.3. The van der Waals surface area contributed by atoms with Crippen molar-refractivity contribution in [2.45, 2.75) is 30.7 Å². The van der Waals surface area contributed by atoms with Crippen LogP contribution in [-0.4, -0.2) is 29.8 Å². The van der Waals surface area contributed by atoms with Crippen LogP contribution in [0.25, 0.3) is 0 Å². The van der Waals surface area contributed by atoms with E-state index in [1.54, 1.807) is 25.1 Å². The SMILES string of the molecule is CCC(=O)Nc1cc(C(=O)NCc2ccc(OCC(F)F)c(CI)c2)ccn1. The number of nitrogens with zero attached hydrogens (tertiary/aromatic N) is 1. The van der Waals surface area contributed by atoms with E-state index in [4.69, 9.17) is 4.74 Å². The molecule has 0 saturated carbocycles. The van der Waals surface area contributed by atoms with Crippen molar-refractivity contribution < 1.29 is 23.1 Å². The summed E-state index contributed by atoms with van der Waals surface area (Å²) in [6.07, 6.45) is -0.772. The van der Waals surface area contributed by atoms with Crippen molar-refractivity contribution in [2.75, 3.05) is 11.9 Å². The molecule has 2 N–H and O–H groups in total. The number of alkyl halides is 3. The van der Waals surface area contributed by atoms with Crippen LogP contribution in [-0.2, 0) is 15.8 Å². The average molecular weight is 503 g/mol. The van der Waals surface area contributed by atoms with Crippen LogP contribution >= 0.6 is 22.6 Å². The molecule has 6 nitrogen and oxygen atoms in total. The molecule has 9 heteroatoms. The molecule has 0 spiro atoms. The maximum Gasteiger partial charge on any atom is 0.272 e. The molecule has 0 aliphatic rings. The molecule has 2 rings (SSSR count). The van der Waals surface area contributed by atoms with E-state index >= 15 is 0 Å². The molecule has 0 fully saturated rings. The standard InChI is InChI=1S/C19H20F2IN3O3/c1-2-18(26)25-17-8-13(5-6-23-17)19(27)24-10-12-3-4-15(14(7-12)9-22)28-11-16(20)21/h3-8,16H,2,9-11H2,1H3,(H,24,27)(H,23,25,26). The van der Waals surface area contributed by atoms with Gasteiger partial charge in [0.05, 0.1) is 0 Å². The summed E-state index contributed by atoms with van der Waals surface area (Å²) in [6.45, 7) is 1.33. The van der Waals surface area contributed by atoms with Gasteiger partial charge < -0.3 is 15.4 Å². The molecular formula is C19H20F2IN3O3. The monoisotopic (exact) mass is 503 g/mol. The molecule has 0 saturated heterocycles. The molecule has 2 amide bonds. The molecule has 150 valence electrons. The molecular weight excluding hydrogens is 483 g/mol. The summed E-state index contributed by atoms with van der Waals surface area (Å²) in [5, 5.41) is 5.39. The number of aromatic nitrogens is 1. The molecule has 0 aliphatic carbocycles. The van der Waals surface area contributed by atoms with E-state index in [-0.39, 0.29) is 18.4 Å². The first kappa shape index (κ1) is 22.0. The molecule has 28 heavy (non-hydrogen) atoms. The second kappa shape index (κ2) is 10.9. The number of hydrogen-bond donors (Lipinski definition) is 2. The number of carbonyl (C=O) groups is 2. The summed E-state index contributed by atoms with van der Waals surface area (Å²) in [7, 11) is 0. The van der Waals surface area contributed by atoms with Gasteiger partial charge in [-0.25, -0.2) is 13.8 Å². The van der Waals surface area contributed by atoms with Crippen molar-refractivity contribution in [1.82, 2.24) is 10.3 Å². The van der Waals surface area contributed by atoms with Gasteiger partial charge in [0, 0.05) is 34.7 Å². The number of halogens is 3. The topological polar surface area (TPSA) is 80.3 Å². The highest BCUT2D eigenvalue weighted by Crippen LogP contribution is 2.23. The predicted octanol–water partition coefficient (Wildman–Crippen LogP) is 3.94. The van der Waals surface area contributed by atoms with Crippen molar-refractivity contribution >= 4 is 40.2 Å².